The molecule has 9 heteroatoms. The number of nitrogens with zero attached hydrogens (tertiary/aromatic N) is 1. The Morgan fingerprint density at radius 2 is 2.10 bits per heavy atom. The van der Waals surface area contributed by atoms with E-state index in [4.69, 9.17) is 21.1 Å². The SMILES string of the molecule is COC(=O)NCCO[C@@H](c1ccc(F)c(Cl)c1)[C@@H]1CCCN(C(=O)OC(C)(C)C)C1. The van der Waals surface area contributed by atoms with E-state index in [0.29, 0.717) is 13.1 Å². The molecule has 30 heavy (non-hydrogen) atoms. The van der Waals surface area contributed by atoms with Gasteiger partial charge in [-0.25, -0.2) is 14.0 Å². The minimum Gasteiger partial charge on any atom is -0.453 e. The molecule has 7 nitrogen and oxygen atoms in total. The number of halogens is 2. The lowest BCUT2D eigenvalue weighted by atomic mass is 9.88. The molecular weight excluding hydrogens is 415 g/mol. The first-order valence-corrected chi connectivity index (χ1v) is 10.3. The van der Waals surface area contributed by atoms with Crippen molar-refractivity contribution in [3.8, 4) is 0 Å². The van der Waals surface area contributed by atoms with Gasteiger partial charge in [0, 0.05) is 25.6 Å². The van der Waals surface area contributed by atoms with Gasteiger partial charge in [-0.3, -0.25) is 0 Å². The fraction of sp³-hybridized carbons (Fsp3) is 0.619. The Labute approximate surface area is 181 Å². The number of likely N-dealkylation sites (tertiary alicyclic amines) is 1. The molecule has 1 aromatic carbocycles. The summed E-state index contributed by atoms with van der Waals surface area (Å²) in [6, 6.07) is 4.48. The number of rotatable bonds is 6. The van der Waals surface area contributed by atoms with Crippen molar-refractivity contribution in [1.29, 1.82) is 0 Å². The molecule has 168 valence electrons. The lowest BCUT2D eigenvalue weighted by Gasteiger charge is -2.37. The lowest BCUT2D eigenvalue weighted by Crippen LogP contribution is -2.44. The predicted molar refractivity (Wildman–Crippen MR) is 111 cm³/mol. The van der Waals surface area contributed by atoms with Crippen molar-refractivity contribution in [3.63, 3.8) is 0 Å². The summed E-state index contributed by atoms with van der Waals surface area (Å²) in [5.74, 6) is -0.545. The molecule has 1 aliphatic heterocycles. The molecular formula is C21H30ClFN2O5. The van der Waals surface area contributed by atoms with Crippen LogP contribution < -0.4 is 5.32 Å². The Morgan fingerprint density at radius 3 is 2.73 bits per heavy atom. The molecule has 1 N–H and O–H groups in total. The van der Waals surface area contributed by atoms with Gasteiger partial charge in [0.25, 0.3) is 0 Å². The first-order chi connectivity index (χ1) is 14.1. The standard InChI is InChI=1S/C21H30ClFN2O5/c1-21(2,3)30-20(27)25-10-5-6-15(13-25)18(29-11-9-24-19(26)28-4)14-7-8-17(23)16(22)12-14/h7-8,12,15,18H,5-6,9-11,13H2,1-4H3,(H,24,26)/t15-,18+/m1/s1. The molecule has 0 bridgehead atoms. The Hall–Kier alpha value is -2.06. The normalized spacial score (nSPS) is 17.9. The number of amides is 2. The van der Waals surface area contributed by atoms with Crippen molar-refractivity contribution < 1.29 is 28.2 Å². The zero-order valence-electron chi connectivity index (χ0n) is 17.9. The van der Waals surface area contributed by atoms with Crippen molar-refractivity contribution in [2.45, 2.75) is 45.3 Å². The largest absolute Gasteiger partial charge is 0.453 e. The van der Waals surface area contributed by atoms with Crippen LogP contribution in [0.2, 0.25) is 5.02 Å². The minimum absolute atomic E-state index is 0.00796. The summed E-state index contributed by atoms with van der Waals surface area (Å²) in [6.45, 7) is 7.00. The molecule has 0 spiro atoms. The highest BCUT2D eigenvalue weighted by Crippen LogP contribution is 2.34. The van der Waals surface area contributed by atoms with Gasteiger partial charge in [0.05, 0.1) is 24.8 Å². The summed E-state index contributed by atoms with van der Waals surface area (Å²) >= 11 is 5.98. The smallest absolute Gasteiger partial charge is 0.410 e. The molecule has 0 unspecified atom stereocenters. The highest BCUT2D eigenvalue weighted by atomic mass is 35.5. The second-order valence-electron chi connectivity index (χ2n) is 8.21. The van der Waals surface area contributed by atoms with Gasteiger partial charge in [0.15, 0.2) is 0 Å². The van der Waals surface area contributed by atoms with Gasteiger partial charge in [-0.15, -0.1) is 0 Å². The summed E-state index contributed by atoms with van der Waals surface area (Å²) < 4.78 is 29.8. The fourth-order valence-corrected chi connectivity index (χ4v) is 3.54. The third-order valence-corrected chi connectivity index (χ3v) is 4.95. The molecule has 1 heterocycles. The van der Waals surface area contributed by atoms with E-state index in [-0.39, 0.29) is 30.2 Å². The topological polar surface area (TPSA) is 77.1 Å². The van der Waals surface area contributed by atoms with Crippen LogP contribution in [0.25, 0.3) is 0 Å². The van der Waals surface area contributed by atoms with Crippen LogP contribution in [0.4, 0.5) is 14.0 Å². The van der Waals surface area contributed by atoms with Crippen LogP contribution in [-0.4, -0.2) is 56.0 Å². The zero-order chi connectivity index (χ0) is 22.3. The Balaban J connectivity index is 2.12. The van der Waals surface area contributed by atoms with E-state index in [9.17, 15) is 14.0 Å². The van der Waals surface area contributed by atoms with Gasteiger partial charge < -0.3 is 24.4 Å². The molecule has 1 fully saturated rings. The summed E-state index contributed by atoms with van der Waals surface area (Å²) in [4.78, 5) is 25.4. The maximum absolute atomic E-state index is 13.7. The molecule has 1 saturated heterocycles. The van der Waals surface area contributed by atoms with Crippen LogP contribution in [-0.2, 0) is 14.2 Å². The number of carbonyl (C=O) groups excluding carboxylic acids is 2. The summed E-state index contributed by atoms with van der Waals surface area (Å²) in [5.41, 5.74) is 0.139. The second-order valence-corrected chi connectivity index (χ2v) is 8.62. The highest BCUT2D eigenvalue weighted by molar-refractivity contribution is 6.30. The monoisotopic (exact) mass is 444 g/mol. The van der Waals surface area contributed by atoms with E-state index in [1.165, 1.54) is 13.2 Å². The quantitative estimate of drug-likeness (QED) is 0.652. The number of alkyl carbamates (subject to hydrolysis) is 1. The first kappa shape index (κ1) is 24.2. The lowest BCUT2D eigenvalue weighted by molar-refractivity contribution is -0.0245. The second kappa shape index (κ2) is 10.8. The van der Waals surface area contributed by atoms with Gasteiger partial charge in [-0.05, 0) is 51.3 Å². The maximum Gasteiger partial charge on any atom is 0.410 e. The van der Waals surface area contributed by atoms with Gasteiger partial charge >= 0.3 is 12.2 Å². The van der Waals surface area contributed by atoms with Crippen LogP contribution in [0.5, 0.6) is 0 Å². The summed E-state index contributed by atoms with van der Waals surface area (Å²) in [6.07, 6.45) is 0.277. The van der Waals surface area contributed by atoms with Crippen molar-refractivity contribution >= 4 is 23.8 Å². The zero-order valence-corrected chi connectivity index (χ0v) is 18.6. The average Bonchev–Trinajstić information content (AvgIpc) is 2.69. The molecule has 0 radical (unpaired) electrons. The third kappa shape index (κ3) is 7.32. The first-order valence-electron chi connectivity index (χ1n) is 9.97. The van der Waals surface area contributed by atoms with Crippen LogP contribution in [0, 0.1) is 11.7 Å². The minimum atomic E-state index is -0.579. The number of piperidine rings is 1. The van der Waals surface area contributed by atoms with Gasteiger partial charge in [0.1, 0.15) is 11.4 Å². The average molecular weight is 445 g/mol. The number of nitrogens with one attached hydrogen (secondary N) is 1. The van der Waals surface area contributed by atoms with E-state index in [1.54, 1.807) is 17.0 Å². The van der Waals surface area contributed by atoms with Crippen molar-refractivity contribution in [2.24, 2.45) is 5.92 Å². The van der Waals surface area contributed by atoms with Gasteiger partial charge in [-0.1, -0.05) is 17.7 Å². The molecule has 1 aromatic rings. The number of hydrogen-bond acceptors (Lipinski definition) is 5. The van der Waals surface area contributed by atoms with Crippen LogP contribution in [0.15, 0.2) is 18.2 Å². The molecule has 2 amide bonds. The molecule has 2 rings (SSSR count). The van der Waals surface area contributed by atoms with Crippen LogP contribution in [0.3, 0.4) is 0 Å². The number of hydrogen-bond donors (Lipinski definition) is 1. The summed E-state index contributed by atoms with van der Waals surface area (Å²) in [5, 5.41) is 2.57. The number of carbonyl (C=O) groups is 2. The maximum atomic E-state index is 13.7. The van der Waals surface area contributed by atoms with Crippen molar-refractivity contribution in [1.82, 2.24) is 10.2 Å². The third-order valence-electron chi connectivity index (χ3n) is 4.66. The highest BCUT2D eigenvalue weighted by Gasteiger charge is 2.33. The van der Waals surface area contributed by atoms with Gasteiger partial charge in [0.2, 0.25) is 0 Å². The fourth-order valence-electron chi connectivity index (χ4n) is 3.35. The number of methoxy groups -OCH3 is 1. The Bertz CT molecular complexity index is 741. The Morgan fingerprint density at radius 1 is 1.37 bits per heavy atom. The molecule has 0 aromatic heterocycles. The number of ether oxygens (including phenoxy) is 3. The van der Waals surface area contributed by atoms with Crippen molar-refractivity contribution in [2.75, 3.05) is 33.4 Å². The molecule has 2 atom stereocenters. The number of benzene rings is 1. The molecule has 1 aliphatic rings. The molecule has 0 saturated carbocycles. The van der Waals surface area contributed by atoms with E-state index >= 15 is 0 Å². The van der Waals surface area contributed by atoms with Crippen molar-refractivity contribution in [3.05, 3.63) is 34.6 Å². The van der Waals surface area contributed by atoms with E-state index in [0.717, 1.165) is 18.4 Å². The van der Waals surface area contributed by atoms with Crippen LogP contribution >= 0.6 is 11.6 Å². The van der Waals surface area contributed by atoms with E-state index < -0.39 is 23.6 Å². The summed E-state index contributed by atoms with van der Waals surface area (Å²) in [7, 11) is 1.28. The van der Waals surface area contributed by atoms with Gasteiger partial charge in [-0.2, -0.15) is 0 Å². The Kier molecular flexibility index (Phi) is 8.73. The molecule has 0 aliphatic carbocycles. The van der Waals surface area contributed by atoms with E-state index in [1.807, 2.05) is 20.8 Å². The predicted octanol–water partition coefficient (Wildman–Crippen LogP) is 4.54. The van der Waals surface area contributed by atoms with Crippen LogP contribution in [0.1, 0.15) is 45.3 Å². The van der Waals surface area contributed by atoms with E-state index in [2.05, 4.69) is 10.1 Å².